The zero-order valence-electron chi connectivity index (χ0n) is 22.1. The van der Waals surface area contributed by atoms with Gasteiger partial charge in [0.15, 0.2) is 0 Å². The maximum Gasteiger partial charge on any atom is 0.313 e. The summed E-state index contributed by atoms with van der Waals surface area (Å²) in [4.78, 5) is 13.9. The van der Waals surface area contributed by atoms with Crippen LogP contribution in [-0.2, 0) is 9.53 Å². The van der Waals surface area contributed by atoms with Crippen molar-refractivity contribution in [2.24, 2.45) is 57.2 Å². The first-order valence-electron chi connectivity index (χ1n) is 14.2. The summed E-state index contributed by atoms with van der Waals surface area (Å²) in [7, 11) is 0. The molecule has 1 heterocycles. The molecule has 0 aromatic rings. The molecule has 2 bridgehead atoms. The molecular formula is C30H50O2. The molecule has 1 spiro atoms. The molecule has 0 aromatic carbocycles. The molecule has 32 heavy (non-hydrogen) atoms. The van der Waals surface area contributed by atoms with Crippen molar-refractivity contribution in [3.8, 4) is 0 Å². The van der Waals surface area contributed by atoms with E-state index in [1.54, 1.807) is 0 Å². The van der Waals surface area contributed by atoms with Crippen LogP contribution in [0.5, 0.6) is 0 Å². The van der Waals surface area contributed by atoms with Gasteiger partial charge in [-0.1, -0.05) is 74.1 Å². The van der Waals surface area contributed by atoms with Gasteiger partial charge in [-0.3, -0.25) is 4.79 Å². The third-order valence-electron chi connectivity index (χ3n) is 12.4. The highest BCUT2D eigenvalue weighted by atomic mass is 16.6. The van der Waals surface area contributed by atoms with Gasteiger partial charge in [-0.15, -0.1) is 0 Å². The molecule has 9 atom stereocenters. The third kappa shape index (κ3) is 2.92. The number of esters is 1. The van der Waals surface area contributed by atoms with Crippen LogP contribution < -0.4 is 0 Å². The average molecular weight is 443 g/mol. The molecule has 0 amide bonds. The second kappa shape index (κ2) is 7.48. The number of carbonyl (C=O) groups is 1. The second-order valence-electron chi connectivity index (χ2n) is 14.6. The van der Waals surface area contributed by atoms with Gasteiger partial charge >= 0.3 is 5.97 Å². The van der Waals surface area contributed by atoms with Gasteiger partial charge in [0.2, 0.25) is 0 Å². The molecule has 2 heteroatoms. The van der Waals surface area contributed by atoms with Crippen LogP contribution in [0, 0.1) is 57.2 Å². The van der Waals surface area contributed by atoms with E-state index in [-0.39, 0.29) is 22.9 Å². The predicted molar refractivity (Wildman–Crippen MR) is 131 cm³/mol. The van der Waals surface area contributed by atoms with Crippen LogP contribution in [0.25, 0.3) is 0 Å². The van der Waals surface area contributed by atoms with Crippen LogP contribution in [0.3, 0.4) is 0 Å². The average Bonchev–Trinajstić information content (AvgIpc) is 3.17. The van der Waals surface area contributed by atoms with Crippen molar-refractivity contribution in [2.45, 2.75) is 125 Å². The van der Waals surface area contributed by atoms with Gasteiger partial charge in [0.25, 0.3) is 0 Å². The molecule has 2 nitrogen and oxygen atoms in total. The molecule has 0 N–H and O–H groups in total. The van der Waals surface area contributed by atoms with Gasteiger partial charge in [-0.2, -0.15) is 0 Å². The van der Waals surface area contributed by atoms with E-state index < -0.39 is 0 Å². The first-order chi connectivity index (χ1) is 15.0. The fraction of sp³-hybridized carbons (Fsp3) is 0.967. The SMILES string of the molecule is CC(C)CCC[C@@H](C)[C@H]1CC[C@@]2(C)[C@@H]3CC[C@H]4C(C)(C)CCC[C@]4(C)[C@H]3[C@@H]3C[C@]12C(=O)O3. The van der Waals surface area contributed by atoms with Gasteiger partial charge < -0.3 is 4.74 Å². The molecule has 5 aliphatic rings. The number of carbonyl (C=O) groups excluding carboxylic acids is 1. The zero-order valence-corrected chi connectivity index (χ0v) is 22.1. The van der Waals surface area contributed by atoms with Crippen LogP contribution in [0.2, 0.25) is 0 Å². The molecule has 5 fully saturated rings. The third-order valence-corrected chi connectivity index (χ3v) is 12.4. The van der Waals surface area contributed by atoms with Crippen molar-refractivity contribution >= 4 is 5.97 Å². The normalized spacial score (nSPS) is 49.9. The smallest absolute Gasteiger partial charge is 0.313 e. The Kier molecular flexibility index (Phi) is 5.43. The topological polar surface area (TPSA) is 26.3 Å². The Bertz CT molecular complexity index is 754. The highest BCUT2D eigenvalue weighted by Crippen LogP contribution is 2.77. The minimum atomic E-state index is -0.191. The minimum absolute atomic E-state index is 0.147. The Hall–Kier alpha value is -0.530. The summed E-state index contributed by atoms with van der Waals surface area (Å²) in [5.41, 5.74) is 0.729. The van der Waals surface area contributed by atoms with E-state index >= 15 is 0 Å². The lowest BCUT2D eigenvalue weighted by Gasteiger charge is -2.65. The number of ether oxygens (including phenoxy) is 1. The number of hydrogen-bond donors (Lipinski definition) is 0. The summed E-state index contributed by atoms with van der Waals surface area (Å²) in [6, 6.07) is 0. The molecule has 0 radical (unpaired) electrons. The van der Waals surface area contributed by atoms with Crippen molar-refractivity contribution in [1.82, 2.24) is 0 Å². The predicted octanol–water partition coefficient (Wildman–Crippen LogP) is 8.04. The lowest BCUT2D eigenvalue weighted by Crippen LogP contribution is -2.62. The summed E-state index contributed by atoms with van der Waals surface area (Å²) in [5, 5.41) is 0. The van der Waals surface area contributed by atoms with Crippen LogP contribution in [-0.4, -0.2) is 12.1 Å². The van der Waals surface area contributed by atoms with Crippen LogP contribution in [0.1, 0.15) is 119 Å². The fourth-order valence-corrected chi connectivity index (χ4v) is 11.0. The quantitative estimate of drug-likeness (QED) is 0.403. The molecule has 0 aromatic heterocycles. The Morgan fingerprint density at radius 2 is 1.72 bits per heavy atom. The molecule has 4 aliphatic carbocycles. The van der Waals surface area contributed by atoms with Crippen molar-refractivity contribution < 1.29 is 9.53 Å². The molecule has 1 aliphatic heterocycles. The van der Waals surface area contributed by atoms with Crippen LogP contribution >= 0.6 is 0 Å². The monoisotopic (exact) mass is 442 g/mol. The standard InChI is InChI=1S/C30H50O2/c1-19(2)10-8-11-20(3)21-14-17-29(7)22-12-13-24-27(4,5)15-9-16-28(24,6)25(22)23-18-30(21,29)26(31)32-23/h19-25H,8-18H2,1-7H3/t20-,21-,22-,23+,24+,25-,28+,29+,30-/m1/s1. The van der Waals surface area contributed by atoms with E-state index in [9.17, 15) is 4.79 Å². The van der Waals surface area contributed by atoms with Crippen molar-refractivity contribution in [3.05, 3.63) is 0 Å². The van der Waals surface area contributed by atoms with Gasteiger partial charge in [0.1, 0.15) is 6.10 Å². The Labute approximate surface area is 198 Å². The lowest BCUT2D eigenvalue weighted by molar-refractivity contribution is -0.183. The summed E-state index contributed by atoms with van der Waals surface area (Å²) in [6.07, 6.45) is 14.4. The Balaban J connectivity index is 1.47. The lowest BCUT2D eigenvalue weighted by atomic mass is 9.38. The molecule has 182 valence electrons. The zero-order chi connectivity index (χ0) is 23.1. The van der Waals surface area contributed by atoms with Gasteiger partial charge in [0, 0.05) is 12.3 Å². The number of hydrogen-bond acceptors (Lipinski definition) is 2. The second-order valence-corrected chi connectivity index (χ2v) is 14.6. The highest BCUT2D eigenvalue weighted by Gasteiger charge is 2.77. The van der Waals surface area contributed by atoms with E-state index in [0.717, 1.165) is 18.3 Å². The fourth-order valence-electron chi connectivity index (χ4n) is 11.0. The highest BCUT2D eigenvalue weighted by molar-refractivity contribution is 5.82. The van der Waals surface area contributed by atoms with Gasteiger partial charge in [-0.25, -0.2) is 0 Å². The van der Waals surface area contributed by atoms with E-state index in [0.29, 0.717) is 34.5 Å². The molecule has 1 saturated heterocycles. The largest absolute Gasteiger partial charge is 0.462 e. The first kappa shape index (κ1) is 23.2. The molecule has 5 rings (SSSR count). The van der Waals surface area contributed by atoms with E-state index in [1.807, 2.05) is 0 Å². The summed E-state index contributed by atoms with van der Waals surface area (Å²) < 4.78 is 6.49. The van der Waals surface area contributed by atoms with Crippen LogP contribution in [0.4, 0.5) is 0 Å². The molecule has 4 saturated carbocycles. The number of rotatable bonds is 5. The molecule has 0 unspecified atom stereocenters. The van der Waals surface area contributed by atoms with Crippen molar-refractivity contribution in [2.75, 3.05) is 0 Å². The summed E-state index contributed by atoms with van der Waals surface area (Å²) in [5.74, 6) is 4.21. The number of fused-ring (bicyclic) bond motifs is 6. The van der Waals surface area contributed by atoms with Crippen molar-refractivity contribution in [3.63, 3.8) is 0 Å². The summed E-state index contributed by atoms with van der Waals surface area (Å²) in [6.45, 7) is 17.3. The Morgan fingerprint density at radius 1 is 0.969 bits per heavy atom. The van der Waals surface area contributed by atoms with Gasteiger partial charge in [0.05, 0.1) is 5.41 Å². The van der Waals surface area contributed by atoms with E-state index in [1.165, 1.54) is 64.2 Å². The van der Waals surface area contributed by atoms with E-state index in [2.05, 4.69) is 48.5 Å². The Morgan fingerprint density at radius 3 is 2.44 bits per heavy atom. The summed E-state index contributed by atoms with van der Waals surface area (Å²) >= 11 is 0. The maximum absolute atomic E-state index is 13.9. The maximum atomic E-state index is 13.9. The van der Waals surface area contributed by atoms with Crippen LogP contribution in [0.15, 0.2) is 0 Å². The first-order valence-corrected chi connectivity index (χ1v) is 14.2. The van der Waals surface area contributed by atoms with Gasteiger partial charge in [-0.05, 0) is 84.4 Å². The molecular weight excluding hydrogens is 392 g/mol. The van der Waals surface area contributed by atoms with Crippen molar-refractivity contribution in [1.29, 1.82) is 0 Å². The minimum Gasteiger partial charge on any atom is -0.462 e. The van der Waals surface area contributed by atoms with E-state index in [4.69, 9.17) is 4.74 Å².